The summed E-state index contributed by atoms with van der Waals surface area (Å²) in [7, 11) is 0. The predicted molar refractivity (Wildman–Crippen MR) is 72.1 cm³/mol. The van der Waals surface area contributed by atoms with E-state index in [2.05, 4.69) is 4.90 Å². The Hall–Kier alpha value is -1.63. The zero-order valence-electron chi connectivity index (χ0n) is 10.7. The molecule has 0 saturated carbocycles. The van der Waals surface area contributed by atoms with Crippen molar-refractivity contribution in [1.29, 1.82) is 0 Å². The topological polar surface area (TPSA) is 102 Å². The van der Waals surface area contributed by atoms with Gasteiger partial charge in [0.15, 0.2) is 5.78 Å². The summed E-state index contributed by atoms with van der Waals surface area (Å²) >= 11 is 0. The quantitative estimate of drug-likeness (QED) is 0.396. The number of morpholine rings is 1. The van der Waals surface area contributed by atoms with Gasteiger partial charge in [-0.3, -0.25) is 9.69 Å². The Balaban J connectivity index is 2.08. The van der Waals surface area contributed by atoms with Crippen LogP contribution in [0.1, 0.15) is 10.4 Å². The molecule has 0 aromatic heterocycles. The Bertz CT molecular complexity index is 462. The molecule has 1 saturated heterocycles. The van der Waals surface area contributed by atoms with E-state index < -0.39 is 6.10 Å². The maximum Gasteiger partial charge on any atom is 0.193 e. The fourth-order valence-corrected chi connectivity index (χ4v) is 2.13. The molecule has 1 fully saturated rings. The van der Waals surface area contributed by atoms with E-state index in [9.17, 15) is 9.90 Å². The van der Waals surface area contributed by atoms with Crippen molar-refractivity contribution in [3.8, 4) is 5.75 Å². The van der Waals surface area contributed by atoms with Gasteiger partial charge in [0, 0.05) is 31.7 Å². The van der Waals surface area contributed by atoms with E-state index in [1.54, 1.807) is 6.07 Å². The minimum absolute atomic E-state index is 0.0829. The number of anilines is 1. The third-order valence-electron chi connectivity index (χ3n) is 3.20. The summed E-state index contributed by atoms with van der Waals surface area (Å²) in [6.07, 6.45) is -0.511. The molecule has 1 aromatic rings. The highest BCUT2D eigenvalue weighted by Crippen LogP contribution is 2.22. The van der Waals surface area contributed by atoms with E-state index in [0.29, 0.717) is 25.3 Å². The highest BCUT2D eigenvalue weighted by atomic mass is 16.5. The highest BCUT2D eigenvalue weighted by Gasteiger charge is 2.27. The van der Waals surface area contributed by atoms with Crippen LogP contribution in [0, 0.1) is 0 Å². The number of ether oxygens (including phenoxy) is 1. The highest BCUT2D eigenvalue weighted by molar-refractivity contribution is 6.00. The molecular weight excluding hydrogens is 246 g/mol. The molecule has 0 aliphatic carbocycles. The zero-order valence-corrected chi connectivity index (χ0v) is 10.7. The number of Topliss-reactive ketones (excluding diaryl/α,β-unsaturated/α-hetero) is 1. The van der Waals surface area contributed by atoms with Crippen LogP contribution in [0.4, 0.5) is 5.69 Å². The van der Waals surface area contributed by atoms with E-state index in [4.69, 9.17) is 16.2 Å². The fraction of sp³-hybridized carbons (Fsp3) is 0.462. The summed E-state index contributed by atoms with van der Waals surface area (Å²) in [5.74, 6) is -0.225. The molecule has 1 atom stereocenters. The van der Waals surface area contributed by atoms with Gasteiger partial charge in [-0.1, -0.05) is 0 Å². The molecule has 1 unspecified atom stereocenters. The van der Waals surface area contributed by atoms with Gasteiger partial charge in [0.2, 0.25) is 0 Å². The van der Waals surface area contributed by atoms with Crippen LogP contribution in [-0.4, -0.2) is 54.7 Å². The van der Waals surface area contributed by atoms with E-state index >= 15 is 0 Å². The van der Waals surface area contributed by atoms with Gasteiger partial charge in [-0.25, -0.2) is 0 Å². The molecule has 2 rings (SSSR count). The van der Waals surface area contributed by atoms with Crippen molar-refractivity contribution < 1.29 is 14.6 Å². The second-order valence-electron chi connectivity index (χ2n) is 4.59. The summed E-state index contributed by atoms with van der Waals surface area (Å²) in [6.45, 7) is 3.14. The number of nitrogens with zero attached hydrogens (tertiary/aromatic N) is 1. The molecular formula is C13H19N3O3. The molecule has 0 amide bonds. The largest absolute Gasteiger partial charge is 0.506 e. The normalized spacial score (nSPS) is 20.4. The standard InChI is InChI=1S/C13H19N3O3/c14-3-4-16-5-6-19-12(8-16)13(18)9-1-2-10(15)11(17)7-9/h1-2,7,12,17H,3-6,8,14-15H2. The van der Waals surface area contributed by atoms with Gasteiger partial charge in [0.05, 0.1) is 12.3 Å². The summed E-state index contributed by atoms with van der Waals surface area (Å²) in [6, 6.07) is 4.49. The minimum atomic E-state index is -0.511. The lowest BCUT2D eigenvalue weighted by molar-refractivity contribution is -0.0155. The average molecular weight is 265 g/mol. The number of hydrogen-bond acceptors (Lipinski definition) is 6. The molecule has 1 aliphatic rings. The number of ketones is 1. The van der Waals surface area contributed by atoms with Gasteiger partial charge in [0.1, 0.15) is 11.9 Å². The Kier molecular flexibility index (Phi) is 4.36. The molecule has 0 bridgehead atoms. The number of nitrogen functional groups attached to an aromatic ring is 1. The number of carbonyl (C=O) groups excluding carboxylic acids is 1. The summed E-state index contributed by atoms with van der Waals surface area (Å²) < 4.78 is 5.50. The molecule has 19 heavy (non-hydrogen) atoms. The number of nitrogens with two attached hydrogens (primary N) is 2. The lowest BCUT2D eigenvalue weighted by Crippen LogP contribution is -2.47. The van der Waals surface area contributed by atoms with Crippen LogP contribution in [0.25, 0.3) is 0 Å². The first-order valence-corrected chi connectivity index (χ1v) is 6.28. The molecule has 6 heteroatoms. The first-order valence-electron chi connectivity index (χ1n) is 6.28. The summed E-state index contributed by atoms with van der Waals surface area (Å²) in [5, 5.41) is 9.54. The number of phenols is 1. The monoisotopic (exact) mass is 265 g/mol. The van der Waals surface area contributed by atoms with Crippen LogP contribution in [0.5, 0.6) is 5.75 Å². The van der Waals surface area contributed by atoms with Gasteiger partial charge in [-0.2, -0.15) is 0 Å². The molecule has 1 aliphatic heterocycles. The van der Waals surface area contributed by atoms with Gasteiger partial charge in [-0.05, 0) is 18.2 Å². The number of carbonyl (C=O) groups is 1. The molecule has 1 heterocycles. The van der Waals surface area contributed by atoms with Gasteiger partial charge in [-0.15, -0.1) is 0 Å². The Morgan fingerprint density at radius 1 is 1.53 bits per heavy atom. The van der Waals surface area contributed by atoms with Gasteiger partial charge in [0.25, 0.3) is 0 Å². The van der Waals surface area contributed by atoms with E-state index in [-0.39, 0.29) is 17.2 Å². The zero-order chi connectivity index (χ0) is 13.8. The van der Waals surface area contributed by atoms with Crippen molar-refractivity contribution in [1.82, 2.24) is 4.90 Å². The molecule has 104 valence electrons. The van der Waals surface area contributed by atoms with Crippen molar-refractivity contribution in [2.45, 2.75) is 6.10 Å². The number of phenolic OH excluding ortho intramolecular Hbond substituents is 1. The second kappa shape index (κ2) is 6.01. The molecule has 1 aromatic carbocycles. The van der Waals surface area contributed by atoms with Crippen LogP contribution < -0.4 is 11.5 Å². The molecule has 0 radical (unpaired) electrons. The molecule has 6 nitrogen and oxygen atoms in total. The maximum atomic E-state index is 12.3. The number of benzene rings is 1. The van der Waals surface area contributed by atoms with Crippen LogP contribution in [0.15, 0.2) is 18.2 Å². The van der Waals surface area contributed by atoms with Crippen molar-refractivity contribution in [3.05, 3.63) is 23.8 Å². The maximum absolute atomic E-state index is 12.3. The first kappa shape index (κ1) is 13.8. The number of rotatable bonds is 4. The minimum Gasteiger partial charge on any atom is -0.506 e. The first-order chi connectivity index (χ1) is 9.11. The summed E-state index contributed by atoms with van der Waals surface area (Å²) in [4.78, 5) is 14.4. The third kappa shape index (κ3) is 3.23. The summed E-state index contributed by atoms with van der Waals surface area (Å²) in [5.41, 5.74) is 11.7. The van der Waals surface area contributed by atoms with Gasteiger partial charge < -0.3 is 21.3 Å². The number of hydrogen-bond donors (Lipinski definition) is 3. The van der Waals surface area contributed by atoms with Crippen molar-refractivity contribution in [2.75, 3.05) is 38.5 Å². The van der Waals surface area contributed by atoms with Crippen molar-refractivity contribution >= 4 is 11.5 Å². The van der Waals surface area contributed by atoms with Crippen LogP contribution in [-0.2, 0) is 4.74 Å². The molecule has 5 N–H and O–H groups in total. The SMILES string of the molecule is NCCN1CCOC(C(=O)c2ccc(N)c(O)c2)C1. The Morgan fingerprint density at radius 2 is 2.32 bits per heavy atom. The van der Waals surface area contributed by atoms with Crippen molar-refractivity contribution in [3.63, 3.8) is 0 Å². The van der Waals surface area contributed by atoms with Gasteiger partial charge >= 0.3 is 0 Å². The lowest BCUT2D eigenvalue weighted by Gasteiger charge is -2.31. The lowest BCUT2D eigenvalue weighted by atomic mass is 10.0. The van der Waals surface area contributed by atoms with E-state index in [1.807, 2.05) is 0 Å². The predicted octanol–water partition coefficient (Wildman–Crippen LogP) is -0.183. The van der Waals surface area contributed by atoms with Crippen LogP contribution >= 0.6 is 0 Å². The average Bonchev–Trinajstić information content (AvgIpc) is 2.42. The second-order valence-corrected chi connectivity index (χ2v) is 4.59. The third-order valence-corrected chi connectivity index (χ3v) is 3.20. The Labute approximate surface area is 111 Å². The van der Waals surface area contributed by atoms with E-state index in [1.165, 1.54) is 12.1 Å². The Morgan fingerprint density at radius 3 is 3.00 bits per heavy atom. The van der Waals surface area contributed by atoms with Crippen LogP contribution in [0.3, 0.4) is 0 Å². The van der Waals surface area contributed by atoms with Crippen LogP contribution in [0.2, 0.25) is 0 Å². The molecule has 0 spiro atoms. The number of aromatic hydroxyl groups is 1. The van der Waals surface area contributed by atoms with Crippen molar-refractivity contribution in [2.24, 2.45) is 5.73 Å². The smallest absolute Gasteiger partial charge is 0.193 e. The van der Waals surface area contributed by atoms with E-state index in [0.717, 1.165) is 13.1 Å². The fourth-order valence-electron chi connectivity index (χ4n) is 2.13.